The average molecular weight is 301 g/mol. The number of carbonyl (C=O) groups is 1. The van der Waals surface area contributed by atoms with Crippen molar-refractivity contribution in [3.05, 3.63) is 36.0 Å². The van der Waals surface area contributed by atoms with Crippen molar-refractivity contribution in [2.45, 2.75) is 26.0 Å². The zero-order valence-electron chi connectivity index (χ0n) is 13.0. The fraction of sp³-hybridized carbons (Fsp3) is 0.471. The van der Waals surface area contributed by atoms with Crippen molar-refractivity contribution in [1.82, 2.24) is 9.47 Å². The average Bonchev–Trinajstić information content (AvgIpc) is 2.73. The first-order chi connectivity index (χ1) is 10.7. The van der Waals surface area contributed by atoms with Gasteiger partial charge in [-0.1, -0.05) is 18.2 Å². The van der Waals surface area contributed by atoms with Gasteiger partial charge in [-0.15, -0.1) is 0 Å². The Balaban J connectivity index is 1.77. The van der Waals surface area contributed by atoms with E-state index in [1.165, 1.54) is 10.9 Å². The van der Waals surface area contributed by atoms with Crippen LogP contribution in [0.3, 0.4) is 0 Å². The van der Waals surface area contributed by atoms with Crippen LogP contribution >= 0.6 is 0 Å². The molecule has 0 radical (unpaired) electrons. The molecule has 0 aliphatic carbocycles. The maximum Gasteiger partial charge on any atom is 0.242 e. The van der Waals surface area contributed by atoms with E-state index in [4.69, 9.17) is 10.5 Å². The highest BCUT2D eigenvalue weighted by Crippen LogP contribution is 2.20. The lowest BCUT2D eigenvalue weighted by Crippen LogP contribution is -2.41. The smallest absolute Gasteiger partial charge is 0.242 e. The van der Waals surface area contributed by atoms with Crippen LogP contribution in [0.5, 0.6) is 0 Å². The van der Waals surface area contributed by atoms with Crippen LogP contribution in [0.15, 0.2) is 30.5 Å². The number of carbonyl (C=O) groups excluding carboxylic acids is 1. The number of amides is 1. The molecule has 1 aliphatic rings. The molecule has 1 aromatic heterocycles. The van der Waals surface area contributed by atoms with Gasteiger partial charge in [0.25, 0.3) is 0 Å². The molecule has 3 rings (SSSR count). The highest BCUT2D eigenvalue weighted by molar-refractivity contribution is 5.86. The Kier molecular flexibility index (Phi) is 4.45. The molecular weight excluding hydrogens is 278 g/mol. The van der Waals surface area contributed by atoms with Gasteiger partial charge in [-0.05, 0) is 25.0 Å². The van der Waals surface area contributed by atoms with Crippen LogP contribution in [0.1, 0.15) is 12.0 Å². The Hall–Kier alpha value is -1.85. The van der Waals surface area contributed by atoms with Gasteiger partial charge in [0, 0.05) is 43.3 Å². The molecule has 1 atom stereocenters. The van der Waals surface area contributed by atoms with Gasteiger partial charge in [-0.2, -0.15) is 0 Å². The number of rotatable bonds is 3. The molecule has 118 valence electrons. The number of hydrogen-bond donors (Lipinski definition) is 1. The maximum atomic E-state index is 12.6. The van der Waals surface area contributed by atoms with Crippen LogP contribution in [-0.2, 0) is 16.1 Å². The summed E-state index contributed by atoms with van der Waals surface area (Å²) in [6, 6.07) is 8.19. The molecule has 2 N–H and O–H groups in total. The third-order valence-corrected chi connectivity index (χ3v) is 4.26. The fourth-order valence-corrected chi connectivity index (χ4v) is 3.07. The first-order valence-electron chi connectivity index (χ1n) is 7.83. The Morgan fingerprint density at radius 1 is 1.41 bits per heavy atom. The molecule has 22 heavy (non-hydrogen) atoms. The summed E-state index contributed by atoms with van der Waals surface area (Å²) >= 11 is 0. The third-order valence-electron chi connectivity index (χ3n) is 4.26. The van der Waals surface area contributed by atoms with E-state index in [-0.39, 0.29) is 12.0 Å². The van der Waals surface area contributed by atoms with Gasteiger partial charge in [0.15, 0.2) is 0 Å². The number of aryl methyl sites for hydroxylation is 1. The van der Waals surface area contributed by atoms with Crippen molar-refractivity contribution in [2.24, 2.45) is 5.73 Å². The molecule has 1 aromatic carbocycles. The van der Waals surface area contributed by atoms with E-state index in [0.717, 1.165) is 18.5 Å². The highest BCUT2D eigenvalue weighted by atomic mass is 16.5. The summed E-state index contributed by atoms with van der Waals surface area (Å²) in [5, 5.41) is 1.20. The third kappa shape index (κ3) is 3.00. The van der Waals surface area contributed by atoms with Crippen molar-refractivity contribution in [1.29, 1.82) is 0 Å². The minimum absolute atomic E-state index is 0.0467. The van der Waals surface area contributed by atoms with Crippen molar-refractivity contribution < 1.29 is 9.53 Å². The second-order valence-electron chi connectivity index (χ2n) is 5.88. The van der Waals surface area contributed by atoms with Crippen molar-refractivity contribution in [3.8, 4) is 0 Å². The van der Waals surface area contributed by atoms with Gasteiger partial charge in [-0.25, -0.2) is 0 Å². The molecule has 0 bridgehead atoms. The topological polar surface area (TPSA) is 60.5 Å². The fourth-order valence-electron chi connectivity index (χ4n) is 3.07. The van der Waals surface area contributed by atoms with E-state index >= 15 is 0 Å². The molecule has 1 unspecified atom stereocenters. The zero-order valence-corrected chi connectivity index (χ0v) is 13.0. The Morgan fingerprint density at radius 3 is 3.05 bits per heavy atom. The number of hydrogen-bond acceptors (Lipinski definition) is 3. The maximum absolute atomic E-state index is 12.6. The summed E-state index contributed by atoms with van der Waals surface area (Å²) < 4.78 is 7.67. The SMILES string of the molecule is Cc1cn(CC(=O)N2CCCOC(CN)C2)c2ccccc12. The van der Waals surface area contributed by atoms with Crippen molar-refractivity contribution >= 4 is 16.8 Å². The summed E-state index contributed by atoms with van der Waals surface area (Å²) in [7, 11) is 0. The normalized spacial score (nSPS) is 19.4. The van der Waals surface area contributed by atoms with Crippen LogP contribution in [-0.4, -0.2) is 47.7 Å². The molecule has 0 saturated carbocycles. The molecule has 5 nitrogen and oxygen atoms in total. The van der Waals surface area contributed by atoms with Crippen LogP contribution < -0.4 is 5.73 Å². The first-order valence-corrected chi connectivity index (χ1v) is 7.83. The first kappa shape index (κ1) is 15.1. The van der Waals surface area contributed by atoms with Gasteiger partial charge in [0.1, 0.15) is 6.54 Å². The lowest BCUT2D eigenvalue weighted by atomic mass is 10.2. The number of nitrogens with zero attached hydrogens (tertiary/aromatic N) is 2. The number of fused-ring (bicyclic) bond motifs is 1. The minimum atomic E-state index is -0.0467. The van der Waals surface area contributed by atoms with Gasteiger partial charge in [-0.3, -0.25) is 4.79 Å². The summed E-state index contributed by atoms with van der Waals surface area (Å²) in [4.78, 5) is 14.5. The zero-order chi connectivity index (χ0) is 15.5. The molecule has 1 aliphatic heterocycles. The molecular formula is C17H23N3O2. The molecule has 0 spiro atoms. The highest BCUT2D eigenvalue weighted by Gasteiger charge is 2.22. The summed E-state index contributed by atoms with van der Waals surface area (Å²) in [5.41, 5.74) is 8.00. The number of para-hydroxylation sites is 1. The minimum Gasteiger partial charge on any atom is -0.375 e. The lowest BCUT2D eigenvalue weighted by molar-refractivity contribution is -0.132. The van der Waals surface area contributed by atoms with Gasteiger partial charge in [0.05, 0.1) is 6.10 Å². The molecule has 2 aromatic rings. The number of benzene rings is 1. The second-order valence-corrected chi connectivity index (χ2v) is 5.88. The quantitative estimate of drug-likeness (QED) is 0.935. The van der Waals surface area contributed by atoms with Gasteiger partial charge >= 0.3 is 0 Å². The largest absolute Gasteiger partial charge is 0.375 e. The second kappa shape index (κ2) is 6.50. The van der Waals surface area contributed by atoms with Crippen molar-refractivity contribution in [3.63, 3.8) is 0 Å². The lowest BCUT2D eigenvalue weighted by Gasteiger charge is -2.23. The summed E-state index contributed by atoms with van der Waals surface area (Å²) in [6.45, 7) is 4.91. The van der Waals surface area contributed by atoms with Gasteiger partial charge < -0.3 is 19.9 Å². The van der Waals surface area contributed by atoms with Crippen LogP contribution in [0, 0.1) is 6.92 Å². The molecule has 1 amide bonds. The number of ether oxygens (including phenoxy) is 1. The molecule has 1 fully saturated rings. The van der Waals surface area contributed by atoms with E-state index in [2.05, 4.69) is 25.3 Å². The van der Waals surface area contributed by atoms with E-state index in [0.29, 0.717) is 26.2 Å². The Labute approximate surface area is 130 Å². The van der Waals surface area contributed by atoms with Crippen molar-refractivity contribution in [2.75, 3.05) is 26.2 Å². The predicted octanol–water partition coefficient (Wildman–Crippen LogP) is 1.53. The Morgan fingerprint density at radius 2 is 2.23 bits per heavy atom. The van der Waals surface area contributed by atoms with Crippen LogP contribution in [0.2, 0.25) is 0 Å². The van der Waals surface area contributed by atoms with E-state index < -0.39 is 0 Å². The van der Waals surface area contributed by atoms with E-state index in [9.17, 15) is 4.79 Å². The van der Waals surface area contributed by atoms with Gasteiger partial charge in [0.2, 0.25) is 5.91 Å². The summed E-state index contributed by atoms with van der Waals surface area (Å²) in [6.07, 6.45) is 2.87. The molecule has 1 saturated heterocycles. The standard InChI is InChI=1S/C17H23N3O2/c1-13-10-20(16-6-3-2-5-15(13)16)12-17(21)19-7-4-8-22-14(9-18)11-19/h2-3,5-6,10,14H,4,7-9,11-12,18H2,1H3. The predicted molar refractivity (Wildman–Crippen MR) is 86.7 cm³/mol. The summed E-state index contributed by atoms with van der Waals surface area (Å²) in [5.74, 6) is 0.129. The van der Waals surface area contributed by atoms with Crippen LogP contribution in [0.25, 0.3) is 10.9 Å². The van der Waals surface area contributed by atoms with E-state index in [1.807, 2.05) is 21.6 Å². The van der Waals surface area contributed by atoms with Crippen LogP contribution in [0.4, 0.5) is 0 Å². The molecule has 2 heterocycles. The van der Waals surface area contributed by atoms with E-state index in [1.54, 1.807) is 0 Å². The number of nitrogens with two attached hydrogens (primary N) is 1. The Bertz CT molecular complexity index is 665. The monoisotopic (exact) mass is 301 g/mol. The molecule has 5 heteroatoms. The number of aromatic nitrogens is 1.